The summed E-state index contributed by atoms with van der Waals surface area (Å²) in [6.07, 6.45) is 5.08. The minimum atomic E-state index is -0.539. The molecule has 6 heteroatoms. The fourth-order valence-electron chi connectivity index (χ4n) is 5.57. The third kappa shape index (κ3) is 5.35. The number of nitrogens with one attached hydrogen (secondary N) is 1. The number of benzene rings is 3. The summed E-state index contributed by atoms with van der Waals surface area (Å²) in [4.78, 5) is 18.2. The van der Waals surface area contributed by atoms with Gasteiger partial charge in [-0.3, -0.25) is 4.79 Å². The number of likely N-dealkylation sites (tertiary alicyclic amines) is 1. The van der Waals surface area contributed by atoms with Gasteiger partial charge in [-0.2, -0.15) is 0 Å². The summed E-state index contributed by atoms with van der Waals surface area (Å²) in [6, 6.07) is 20.7. The van der Waals surface area contributed by atoms with Crippen molar-refractivity contribution in [3.05, 3.63) is 77.4 Å². The second kappa shape index (κ2) is 10.8. The van der Waals surface area contributed by atoms with Gasteiger partial charge in [0.2, 0.25) is 5.91 Å². The molecule has 0 aliphatic carbocycles. The van der Waals surface area contributed by atoms with E-state index in [1.54, 1.807) is 0 Å². The second-order valence-corrected chi connectivity index (χ2v) is 9.95. The highest BCUT2D eigenvalue weighted by Gasteiger charge is 2.35. The van der Waals surface area contributed by atoms with Gasteiger partial charge in [-0.05, 0) is 72.4 Å². The highest BCUT2D eigenvalue weighted by Crippen LogP contribution is 2.36. The van der Waals surface area contributed by atoms with E-state index in [9.17, 15) is 4.79 Å². The zero-order valence-electron chi connectivity index (χ0n) is 20.5. The molecule has 2 heterocycles. The number of nitrogens with two attached hydrogens (primary N) is 2. The molecule has 184 valence electrons. The van der Waals surface area contributed by atoms with Gasteiger partial charge in [0, 0.05) is 25.2 Å². The molecule has 3 aromatic rings. The smallest absolute Gasteiger partial charge is 0.243 e. The molecule has 0 aromatic heterocycles. The van der Waals surface area contributed by atoms with Crippen LogP contribution in [0.25, 0.3) is 10.8 Å². The molecule has 1 fully saturated rings. The van der Waals surface area contributed by atoms with Crippen molar-refractivity contribution in [2.24, 2.45) is 11.5 Å². The van der Waals surface area contributed by atoms with E-state index in [1.165, 1.54) is 54.3 Å². The predicted molar refractivity (Wildman–Crippen MR) is 143 cm³/mol. The van der Waals surface area contributed by atoms with Crippen LogP contribution in [-0.4, -0.2) is 43.0 Å². The molecule has 2 aliphatic rings. The average Bonchev–Trinajstić information content (AvgIpc) is 3.25. The lowest BCUT2D eigenvalue weighted by Crippen LogP contribution is -2.45. The van der Waals surface area contributed by atoms with E-state index >= 15 is 0 Å². The Balaban J connectivity index is 1.34. The maximum absolute atomic E-state index is 13.4. The minimum Gasteiger partial charge on any atom is -0.355 e. The Morgan fingerprint density at radius 2 is 1.80 bits per heavy atom. The molecule has 2 aliphatic heterocycles. The molecule has 0 radical (unpaired) electrons. The summed E-state index contributed by atoms with van der Waals surface area (Å²) in [5, 5.41) is 5.66. The third-order valence-electron chi connectivity index (χ3n) is 7.52. The number of rotatable bonds is 8. The van der Waals surface area contributed by atoms with Crippen LogP contribution in [-0.2, 0) is 17.8 Å². The van der Waals surface area contributed by atoms with Crippen LogP contribution < -0.4 is 21.7 Å². The van der Waals surface area contributed by atoms with Crippen molar-refractivity contribution >= 4 is 22.4 Å². The molecule has 3 aromatic carbocycles. The Bertz CT molecular complexity index is 1170. The van der Waals surface area contributed by atoms with Gasteiger partial charge in [0.05, 0.1) is 6.17 Å². The van der Waals surface area contributed by atoms with Gasteiger partial charge in [-0.1, -0.05) is 61.0 Å². The lowest BCUT2D eigenvalue weighted by atomic mass is 10.0. The van der Waals surface area contributed by atoms with Crippen LogP contribution in [0.4, 0.5) is 5.69 Å². The van der Waals surface area contributed by atoms with Crippen LogP contribution in [0.1, 0.15) is 48.5 Å². The van der Waals surface area contributed by atoms with Crippen molar-refractivity contribution in [1.82, 2.24) is 10.2 Å². The van der Waals surface area contributed by atoms with Gasteiger partial charge < -0.3 is 26.6 Å². The fourth-order valence-corrected chi connectivity index (χ4v) is 5.57. The summed E-state index contributed by atoms with van der Waals surface area (Å²) < 4.78 is 0. The van der Waals surface area contributed by atoms with Crippen LogP contribution in [0.3, 0.4) is 0 Å². The lowest BCUT2D eigenvalue weighted by molar-refractivity contribution is -0.122. The Morgan fingerprint density at radius 1 is 1.00 bits per heavy atom. The Morgan fingerprint density at radius 3 is 2.63 bits per heavy atom. The standard InChI is InChI=1S/C29H37N5O/c30-28(31)23-13-12-22-18-27(29(35)32-14-7-17-33-15-4-1-5-16-33)34(26(22)19-23)20-24-10-6-9-21-8-2-3-11-25(21)24/h2-3,6,8-13,19,27-28H,1,4-5,7,14-18,20,30-31H2,(H,32,35). The zero-order valence-corrected chi connectivity index (χ0v) is 20.5. The van der Waals surface area contributed by atoms with E-state index in [4.69, 9.17) is 11.5 Å². The minimum absolute atomic E-state index is 0.0960. The highest BCUT2D eigenvalue weighted by molar-refractivity contribution is 5.90. The summed E-state index contributed by atoms with van der Waals surface area (Å²) >= 11 is 0. The largest absolute Gasteiger partial charge is 0.355 e. The first-order valence-corrected chi connectivity index (χ1v) is 13.0. The topological polar surface area (TPSA) is 87.6 Å². The van der Waals surface area contributed by atoms with Gasteiger partial charge in [0.15, 0.2) is 0 Å². The normalized spacial score (nSPS) is 18.3. The predicted octanol–water partition coefficient (Wildman–Crippen LogP) is 3.68. The van der Waals surface area contributed by atoms with Crippen molar-refractivity contribution < 1.29 is 4.79 Å². The monoisotopic (exact) mass is 471 g/mol. The Kier molecular flexibility index (Phi) is 7.32. The number of hydrogen-bond donors (Lipinski definition) is 3. The Labute approximate surface area is 208 Å². The van der Waals surface area contributed by atoms with E-state index in [1.807, 2.05) is 6.07 Å². The fraction of sp³-hybridized carbons (Fsp3) is 0.414. The molecule has 5 N–H and O–H groups in total. The molecule has 1 saturated heterocycles. The molecule has 5 rings (SSSR count). The molecule has 0 bridgehead atoms. The Hall–Kier alpha value is -2.93. The van der Waals surface area contributed by atoms with Crippen LogP contribution in [0.15, 0.2) is 60.7 Å². The van der Waals surface area contributed by atoms with Gasteiger partial charge in [-0.15, -0.1) is 0 Å². The van der Waals surface area contributed by atoms with Gasteiger partial charge in [-0.25, -0.2) is 0 Å². The number of carbonyl (C=O) groups is 1. The maximum atomic E-state index is 13.4. The number of carbonyl (C=O) groups excluding carboxylic acids is 1. The van der Waals surface area contributed by atoms with E-state index in [0.717, 1.165) is 24.2 Å². The van der Waals surface area contributed by atoms with Crippen LogP contribution in [0, 0.1) is 0 Å². The summed E-state index contributed by atoms with van der Waals surface area (Å²) in [7, 11) is 0. The van der Waals surface area contributed by atoms with Crippen molar-refractivity contribution in [3.8, 4) is 0 Å². The molecular weight excluding hydrogens is 434 g/mol. The van der Waals surface area contributed by atoms with Crippen molar-refractivity contribution in [2.75, 3.05) is 31.1 Å². The highest BCUT2D eigenvalue weighted by atomic mass is 16.2. The number of anilines is 1. The number of nitrogens with zero attached hydrogens (tertiary/aromatic N) is 2. The zero-order chi connectivity index (χ0) is 24.2. The average molecular weight is 472 g/mol. The lowest BCUT2D eigenvalue weighted by Gasteiger charge is -2.28. The first-order chi connectivity index (χ1) is 17.1. The molecular formula is C29H37N5O. The van der Waals surface area contributed by atoms with Crippen molar-refractivity contribution in [1.29, 1.82) is 0 Å². The first kappa shape index (κ1) is 23.8. The van der Waals surface area contributed by atoms with Crippen LogP contribution >= 0.6 is 0 Å². The van der Waals surface area contributed by atoms with Crippen LogP contribution in [0.5, 0.6) is 0 Å². The van der Waals surface area contributed by atoms with E-state index in [0.29, 0.717) is 19.5 Å². The number of piperidine rings is 1. The molecule has 0 spiro atoms. The summed E-state index contributed by atoms with van der Waals surface area (Å²) in [6.45, 7) is 4.81. The number of hydrogen-bond acceptors (Lipinski definition) is 5. The molecule has 1 atom stereocenters. The quantitative estimate of drug-likeness (QED) is 0.345. The molecule has 6 nitrogen and oxygen atoms in total. The molecule has 35 heavy (non-hydrogen) atoms. The van der Waals surface area contributed by atoms with Gasteiger partial charge >= 0.3 is 0 Å². The van der Waals surface area contributed by atoms with Crippen molar-refractivity contribution in [2.45, 2.75) is 50.9 Å². The summed E-state index contributed by atoms with van der Waals surface area (Å²) in [5.74, 6) is 0.0960. The maximum Gasteiger partial charge on any atom is 0.243 e. The van der Waals surface area contributed by atoms with E-state index < -0.39 is 6.17 Å². The number of amides is 1. The van der Waals surface area contributed by atoms with Crippen molar-refractivity contribution in [3.63, 3.8) is 0 Å². The third-order valence-corrected chi connectivity index (χ3v) is 7.52. The SMILES string of the molecule is NC(N)c1ccc2c(c1)N(Cc1cccc3ccccc13)C(C(=O)NCCCN1CCCCC1)C2. The molecule has 0 saturated carbocycles. The first-order valence-electron chi connectivity index (χ1n) is 13.0. The second-order valence-electron chi connectivity index (χ2n) is 9.95. The number of fused-ring (bicyclic) bond motifs is 2. The molecule has 1 unspecified atom stereocenters. The summed E-state index contributed by atoms with van der Waals surface area (Å²) in [5.41, 5.74) is 16.3. The van der Waals surface area contributed by atoms with E-state index in [2.05, 4.69) is 69.7 Å². The van der Waals surface area contributed by atoms with E-state index in [-0.39, 0.29) is 11.9 Å². The molecule has 1 amide bonds. The van der Waals surface area contributed by atoms with Gasteiger partial charge in [0.1, 0.15) is 6.04 Å². The van der Waals surface area contributed by atoms with Crippen LogP contribution in [0.2, 0.25) is 0 Å². The van der Waals surface area contributed by atoms with Gasteiger partial charge in [0.25, 0.3) is 0 Å².